The van der Waals surface area contributed by atoms with Gasteiger partial charge >= 0.3 is 7.12 Å². The average Bonchev–Trinajstić information content (AvgIpc) is 1.58. The normalized spacial score (nSPS) is 17.4. The summed E-state index contributed by atoms with van der Waals surface area (Å²) in [6.07, 6.45) is 10.8. The number of nitrogens with one attached hydrogen (secondary N) is 2. The molecule has 0 radical (unpaired) electrons. The standard InChI is InChI=1S/C32H25F3N4O3S.C20H16BrFN2O3.C18H21BF2N2O2S/c1-36-30(41)27-22-13-21(18-12-19(16-37-15-18)31-38-29-25(43-31)4-2-10-32(29,34)35)23(39-11-3-5-26(39)40)14-24(22)42-28(27)17-6-8-20(33)9-7-17;1-23-20(26)18-13-9-14(21)15(24-8-2-3-17(24)25)10-16(13)27-19(18)11-4-6-12(22)7-5-11;1-16(2)17(3,4)25-19(24-16)12-8-11(9-22-10-12)15-23-14-13(26-15)6-5-7-18(14,20)21/h6-9,12-16H,2-5,10-11H2,1H3,(H,36,41);4-7,9-10H,2-3,8H2,1H3,(H,23,26);8-10H,5-7H2,1-4H3. The fourth-order valence-electron chi connectivity index (χ4n) is 12.4. The summed E-state index contributed by atoms with van der Waals surface area (Å²) < 4.78 is 109. The Balaban J connectivity index is 0.000000137. The van der Waals surface area contributed by atoms with Crippen LogP contribution in [0.25, 0.3) is 76.9 Å². The van der Waals surface area contributed by atoms with E-state index in [2.05, 4.69) is 46.5 Å². The highest BCUT2D eigenvalue weighted by molar-refractivity contribution is 9.10. The van der Waals surface area contributed by atoms with Crippen molar-refractivity contribution in [2.45, 2.75) is 115 Å². The summed E-state index contributed by atoms with van der Waals surface area (Å²) >= 11 is 6.10. The topological polar surface area (TPSA) is 195 Å². The summed E-state index contributed by atoms with van der Waals surface area (Å²) in [5.74, 6) is -6.62. The Labute approximate surface area is 564 Å². The second kappa shape index (κ2) is 25.8. The molecule has 0 saturated carbocycles. The molecule has 3 fully saturated rings. The minimum absolute atomic E-state index is 0.0450. The van der Waals surface area contributed by atoms with Gasteiger partial charge in [0, 0.05) is 154 Å². The van der Waals surface area contributed by atoms with Crippen LogP contribution in [0, 0.1) is 11.6 Å². The molecule has 6 aromatic heterocycles. The van der Waals surface area contributed by atoms with Crippen molar-refractivity contribution in [3.05, 3.63) is 158 Å². The molecule has 0 atom stereocenters. The molecule has 9 heterocycles. The number of hydrogen-bond acceptors (Lipinski definition) is 14. The number of nitrogens with zero attached hydrogens (tertiary/aromatic N) is 6. The van der Waals surface area contributed by atoms with Crippen LogP contribution in [0.5, 0.6) is 0 Å². The molecule has 16 nitrogen and oxygen atoms in total. The molecule has 3 aliphatic heterocycles. The highest BCUT2D eigenvalue weighted by atomic mass is 79.9. The Morgan fingerprint density at radius 1 is 0.562 bits per heavy atom. The number of thiazole rings is 2. The number of rotatable bonds is 10. The van der Waals surface area contributed by atoms with Gasteiger partial charge in [0.25, 0.3) is 23.7 Å². The largest absolute Gasteiger partial charge is 0.496 e. The maximum Gasteiger partial charge on any atom is 0.496 e. The monoisotopic (exact) mass is 1410 g/mol. The zero-order valence-electron chi connectivity index (χ0n) is 52.9. The first kappa shape index (κ1) is 66.1. The fraction of sp³-hybridized carbons (Fsp3) is 0.314. The van der Waals surface area contributed by atoms with Gasteiger partial charge in [-0.05, 0) is 155 Å². The number of amides is 4. The first-order valence-corrected chi connectivity index (χ1v) is 33.7. The third kappa shape index (κ3) is 12.5. The first-order chi connectivity index (χ1) is 45.8. The number of aryl methyl sites for hydroxylation is 2. The van der Waals surface area contributed by atoms with Crippen LogP contribution in [0.2, 0.25) is 0 Å². The van der Waals surface area contributed by atoms with Gasteiger partial charge in [0.1, 0.15) is 55.7 Å². The number of aromatic nitrogens is 4. The minimum Gasteiger partial charge on any atom is -0.455 e. The van der Waals surface area contributed by atoms with Crippen LogP contribution in [0.15, 0.2) is 123 Å². The second-order valence-corrected chi connectivity index (χ2v) is 28.0. The number of halogens is 7. The summed E-state index contributed by atoms with van der Waals surface area (Å²) in [7, 11) is 2.52. The van der Waals surface area contributed by atoms with E-state index in [-0.39, 0.29) is 59.1 Å². The van der Waals surface area contributed by atoms with Crippen molar-refractivity contribution in [2.24, 2.45) is 0 Å². The Hall–Kier alpha value is -8.56. The third-order valence-corrected chi connectivity index (χ3v) is 21.1. The summed E-state index contributed by atoms with van der Waals surface area (Å²) in [5, 5.41) is 7.43. The molecule has 96 heavy (non-hydrogen) atoms. The number of alkyl halides is 4. The van der Waals surface area contributed by atoms with Gasteiger partial charge in [0.15, 0.2) is 0 Å². The lowest BCUT2D eigenvalue weighted by Crippen LogP contribution is -2.41. The van der Waals surface area contributed by atoms with Gasteiger partial charge in [-0.25, -0.2) is 18.7 Å². The van der Waals surface area contributed by atoms with Gasteiger partial charge in [0.2, 0.25) is 11.8 Å². The molecule has 494 valence electrons. The number of hydrogen-bond donors (Lipinski definition) is 2. The van der Waals surface area contributed by atoms with Crippen LogP contribution in [0.4, 0.5) is 37.7 Å². The molecule has 4 aromatic carbocycles. The lowest BCUT2D eigenvalue weighted by atomic mass is 9.80. The number of carbonyl (C=O) groups excluding carboxylic acids is 4. The Kier molecular flexibility index (Phi) is 17.7. The van der Waals surface area contributed by atoms with E-state index in [1.807, 2.05) is 39.8 Å². The fourth-order valence-corrected chi connectivity index (χ4v) is 15.3. The minimum atomic E-state index is -2.96. The zero-order valence-corrected chi connectivity index (χ0v) is 56.1. The molecule has 15 rings (SSSR count). The van der Waals surface area contributed by atoms with Gasteiger partial charge in [-0.15, -0.1) is 22.7 Å². The smallest absolute Gasteiger partial charge is 0.455 e. The van der Waals surface area contributed by atoms with E-state index in [0.29, 0.717) is 160 Å². The van der Waals surface area contributed by atoms with Gasteiger partial charge < -0.3 is 38.6 Å². The van der Waals surface area contributed by atoms with E-state index in [9.17, 15) is 45.5 Å². The maximum atomic E-state index is 14.6. The van der Waals surface area contributed by atoms with E-state index in [1.165, 1.54) is 66.1 Å². The van der Waals surface area contributed by atoms with E-state index < -0.39 is 41.9 Å². The number of fused-ring (bicyclic) bond motifs is 4. The number of pyridine rings is 2. The van der Waals surface area contributed by atoms with Gasteiger partial charge in [0.05, 0.1) is 33.7 Å². The highest BCUT2D eigenvalue weighted by Crippen LogP contribution is 2.48. The molecule has 0 unspecified atom stereocenters. The molecule has 5 aliphatic rings. The van der Waals surface area contributed by atoms with Crippen molar-refractivity contribution >= 4 is 108 Å². The van der Waals surface area contributed by atoms with E-state index in [4.69, 9.17) is 18.1 Å². The van der Waals surface area contributed by atoms with Crippen LogP contribution in [0.1, 0.15) is 121 Å². The summed E-state index contributed by atoms with van der Waals surface area (Å²) in [6.45, 7) is 9.11. The Morgan fingerprint density at radius 3 is 1.48 bits per heavy atom. The first-order valence-electron chi connectivity index (χ1n) is 31.3. The lowest BCUT2D eigenvalue weighted by molar-refractivity contribution is -0.117. The molecule has 2 aliphatic carbocycles. The molecule has 0 spiro atoms. The Bertz CT molecular complexity index is 4710. The maximum absolute atomic E-state index is 14.6. The van der Waals surface area contributed by atoms with Crippen LogP contribution in [-0.4, -0.2) is 89.1 Å². The van der Waals surface area contributed by atoms with E-state index in [0.717, 1.165) is 11.9 Å². The van der Waals surface area contributed by atoms with Crippen molar-refractivity contribution in [3.8, 4) is 54.9 Å². The summed E-state index contributed by atoms with van der Waals surface area (Å²) in [4.78, 5) is 72.7. The zero-order chi connectivity index (χ0) is 67.8. The molecule has 4 amide bonds. The van der Waals surface area contributed by atoms with Gasteiger partial charge in [-0.1, -0.05) is 0 Å². The van der Waals surface area contributed by atoms with Crippen molar-refractivity contribution < 1.29 is 63.7 Å². The number of furan rings is 2. The predicted octanol–water partition coefficient (Wildman–Crippen LogP) is 15.8. The predicted molar refractivity (Wildman–Crippen MR) is 360 cm³/mol. The van der Waals surface area contributed by atoms with Gasteiger partial charge in [-0.2, -0.15) is 17.6 Å². The van der Waals surface area contributed by atoms with E-state index in [1.54, 1.807) is 78.0 Å². The molecule has 3 saturated heterocycles. The average molecular weight is 1410 g/mol. The number of carbonyl (C=O) groups is 4. The quantitative estimate of drug-likeness (QED) is 0.0973. The summed E-state index contributed by atoms with van der Waals surface area (Å²) in [6, 6.07) is 22.2. The molecule has 10 aromatic rings. The van der Waals surface area contributed by atoms with Crippen LogP contribution >= 0.6 is 38.6 Å². The SMILES string of the molecule is CC1(C)OB(c2cncc(-c3nc4c(s3)CCCC4(F)F)c2)OC1(C)C.CNC(=O)c1c(-c2ccc(F)cc2)oc2cc(N3CCCC3=O)c(-c3cncc(-c4nc5c(s4)CCCC5(F)F)c3)cc12.CNC(=O)c1c(-c2ccc(F)cc2)oc2cc(N3CCCC3=O)c(Br)cc12. The molecule has 26 heteroatoms. The van der Waals surface area contributed by atoms with E-state index >= 15 is 0 Å². The molecule has 2 N–H and O–H groups in total. The number of benzene rings is 4. The van der Waals surface area contributed by atoms with Crippen molar-refractivity contribution in [3.63, 3.8) is 0 Å². The molecular weight excluding hydrogens is 1350 g/mol. The summed E-state index contributed by atoms with van der Waals surface area (Å²) in [5.41, 5.74) is 6.13. The van der Waals surface area contributed by atoms with Crippen LogP contribution in [-0.2, 0) is 43.6 Å². The second-order valence-electron chi connectivity index (χ2n) is 25.0. The van der Waals surface area contributed by atoms with Crippen LogP contribution in [0.3, 0.4) is 0 Å². The van der Waals surface area contributed by atoms with Crippen molar-refractivity contribution in [1.82, 2.24) is 30.6 Å². The molecular formula is C70H62BBrF6N8O8S2. The number of anilines is 2. The third-order valence-electron chi connectivity index (χ3n) is 18.1. The van der Waals surface area contributed by atoms with Gasteiger partial charge in [-0.3, -0.25) is 29.1 Å². The molecule has 0 bridgehead atoms. The van der Waals surface area contributed by atoms with Crippen molar-refractivity contribution in [2.75, 3.05) is 37.0 Å². The van der Waals surface area contributed by atoms with Crippen LogP contribution < -0.4 is 25.9 Å². The lowest BCUT2D eigenvalue weighted by Gasteiger charge is -2.32. The van der Waals surface area contributed by atoms with Crippen molar-refractivity contribution in [1.29, 1.82) is 0 Å². The highest BCUT2D eigenvalue weighted by Gasteiger charge is 2.52. The Morgan fingerprint density at radius 2 is 1.01 bits per heavy atom.